The van der Waals surface area contributed by atoms with Gasteiger partial charge in [-0.25, -0.2) is 9.97 Å². The molecule has 7 rings (SSSR count). The average molecular weight is 657 g/mol. The van der Waals surface area contributed by atoms with Gasteiger partial charge >= 0.3 is 0 Å². The van der Waals surface area contributed by atoms with Crippen molar-refractivity contribution in [2.45, 2.75) is 59.3 Å². The molecular formula is C45H44N4O. The summed E-state index contributed by atoms with van der Waals surface area (Å²) in [4.78, 5) is 15.2. The number of para-hydroxylation sites is 1. The minimum atomic E-state index is -0.282. The number of aryl methyl sites for hydroxylation is 2. The summed E-state index contributed by atoms with van der Waals surface area (Å²) < 4.78 is 2.05. The van der Waals surface area contributed by atoms with Crippen molar-refractivity contribution in [2.75, 3.05) is 0 Å². The van der Waals surface area contributed by atoms with Crippen molar-refractivity contribution >= 4 is 11.0 Å². The summed E-state index contributed by atoms with van der Waals surface area (Å²) in [5.41, 5.74) is 13.3. The maximum atomic E-state index is 11.7. The van der Waals surface area contributed by atoms with Crippen LogP contribution in [-0.2, 0) is 17.9 Å². The summed E-state index contributed by atoms with van der Waals surface area (Å²) in [6.07, 6.45) is 1.97. The molecule has 0 aliphatic carbocycles. The Labute approximate surface area is 295 Å². The SMILES string of the molecule is Cc1cnc(-c2cc(-c3ccccc3)cc(-c3cccc4c3nc(-c3nc(C(C)(C)C)cc(C(C)(C)C)c3O)n4C)c2)cc1-c1ccccc1. The maximum Gasteiger partial charge on any atom is 0.163 e. The number of hydrogen-bond donors (Lipinski definition) is 1. The molecular weight excluding hydrogens is 613 g/mol. The molecule has 5 nitrogen and oxygen atoms in total. The molecule has 50 heavy (non-hydrogen) atoms. The van der Waals surface area contributed by atoms with Crippen molar-refractivity contribution in [3.63, 3.8) is 0 Å². The zero-order valence-electron chi connectivity index (χ0n) is 30.2. The third-order valence-corrected chi connectivity index (χ3v) is 9.53. The Morgan fingerprint density at radius 1 is 0.600 bits per heavy atom. The van der Waals surface area contributed by atoms with Gasteiger partial charge in [-0.1, -0.05) is 114 Å². The first kappa shape index (κ1) is 33.0. The molecule has 0 amide bonds. The van der Waals surface area contributed by atoms with Gasteiger partial charge in [0.15, 0.2) is 5.82 Å². The lowest BCUT2D eigenvalue weighted by Crippen LogP contribution is -2.19. The van der Waals surface area contributed by atoms with Gasteiger partial charge in [0.05, 0.1) is 16.7 Å². The molecule has 3 aromatic heterocycles. The fourth-order valence-corrected chi connectivity index (χ4v) is 6.65. The number of fused-ring (bicyclic) bond motifs is 1. The topological polar surface area (TPSA) is 63.8 Å². The monoisotopic (exact) mass is 656 g/mol. The summed E-state index contributed by atoms with van der Waals surface area (Å²) in [5, 5.41) is 11.7. The normalized spacial score (nSPS) is 12.1. The molecule has 0 saturated carbocycles. The van der Waals surface area contributed by atoms with E-state index in [1.54, 1.807) is 0 Å². The van der Waals surface area contributed by atoms with Crippen molar-refractivity contribution in [2.24, 2.45) is 7.05 Å². The Kier molecular flexibility index (Phi) is 8.18. The summed E-state index contributed by atoms with van der Waals surface area (Å²) in [5.74, 6) is 0.812. The van der Waals surface area contributed by atoms with Crippen LogP contribution in [0.2, 0.25) is 0 Å². The standard InChI is InChI=1S/C45H44N4O/c1-28-27-46-37(25-35(28)30-18-13-10-14-19-30)33-23-31(29-16-11-9-12-17-29)22-32(24-33)34-20-15-21-38-40(34)48-43(49(38)8)41-42(50)36(44(2,3)4)26-39(47-41)45(5,6)7/h9-27,50H,1-8H3. The largest absolute Gasteiger partial charge is 0.505 e. The number of imidazole rings is 1. The van der Waals surface area contributed by atoms with Crippen LogP contribution in [-0.4, -0.2) is 24.6 Å². The van der Waals surface area contributed by atoms with Crippen LogP contribution in [0.15, 0.2) is 115 Å². The summed E-state index contributed by atoms with van der Waals surface area (Å²) in [6.45, 7) is 14.9. The minimum absolute atomic E-state index is 0.179. The Bertz CT molecular complexity index is 2360. The predicted octanol–water partition coefficient (Wildman–Crippen LogP) is 11.3. The molecule has 0 radical (unpaired) electrons. The highest BCUT2D eigenvalue weighted by atomic mass is 16.3. The molecule has 0 aliphatic heterocycles. The molecule has 5 heteroatoms. The van der Waals surface area contributed by atoms with E-state index in [2.05, 4.69) is 144 Å². The maximum absolute atomic E-state index is 11.7. The molecule has 0 bridgehead atoms. The Balaban J connectivity index is 1.45. The van der Waals surface area contributed by atoms with Crippen molar-refractivity contribution in [3.8, 4) is 61.9 Å². The second kappa shape index (κ2) is 12.4. The van der Waals surface area contributed by atoms with Crippen LogP contribution >= 0.6 is 0 Å². The molecule has 4 aromatic carbocycles. The van der Waals surface area contributed by atoms with E-state index in [-0.39, 0.29) is 16.6 Å². The van der Waals surface area contributed by atoms with Gasteiger partial charge in [0.1, 0.15) is 11.4 Å². The van der Waals surface area contributed by atoms with E-state index < -0.39 is 0 Å². The molecule has 7 aromatic rings. The van der Waals surface area contributed by atoms with Gasteiger partial charge in [-0.15, -0.1) is 0 Å². The molecule has 0 saturated heterocycles. The predicted molar refractivity (Wildman–Crippen MR) is 207 cm³/mol. The fourth-order valence-electron chi connectivity index (χ4n) is 6.65. The fraction of sp³-hybridized carbons (Fsp3) is 0.222. The van der Waals surface area contributed by atoms with Gasteiger partial charge in [0.25, 0.3) is 0 Å². The molecule has 0 unspecified atom stereocenters. The number of pyridine rings is 2. The Hall–Kier alpha value is -5.55. The number of rotatable bonds is 5. The molecule has 3 heterocycles. The van der Waals surface area contributed by atoms with Crippen LogP contribution in [0.5, 0.6) is 5.75 Å². The van der Waals surface area contributed by atoms with E-state index in [1.807, 2.05) is 31.4 Å². The van der Waals surface area contributed by atoms with Crippen LogP contribution in [0.3, 0.4) is 0 Å². The van der Waals surface area contributed by atoms with Crippen molar-refractivity contribution in [1.29, 1.82) is 0 Å². The van der Waals surface area contributed by atoms with Crippen LogP contribution in [0.1, 0.15) is 58.4 Å². The van der Waals surface area contributed by atoms with Gasteiger partial charge < -0.3 is 9.67 Å². The number of benzene rings is 4. The second-order valence-corrected chi connectivity index (χ2v) is 15.3. The van der Waals surface area contributed by atoms with Crippen molar-refractivity contribution in [1.82, 2.24) is 19.5 Å². The van der Waals surface area contributed by atoms with Gasteiger partial charge in [-0.2, -0.15) is 0 Å². The molecule has 0 fully saturated rings. The van der Waals surface area contributed by atoms with E-state index in [4.69, 9.17) is 15.0 Å². The quantitative estimate of drug-likeness (QED) is 0.200. The number of nitrogens with zero attached hydrogens (tertiary/aromatic N) is 4. The Morgan fingerprint density at radius 3 is 1.90 bits per heavy atom. The van der Waals surface area contributed by atoms with Gasteiger partial charge in [0.2, 0.25) is 0 Å². The third kappa shape index (κ3) is 6.09. The first-order chi connectivity index (χ1) is 23.8. The first-order valence-electron chi connectivity index (χ1n) is 17.2. The van der Waals surface area contributed by atoms with E-state index in [9.17, 15) is 5.11 Å². The number of aromatic nitrogens is 4. The minimum Gasteiger partial charge on any atom is -0.505 e. The zero-order chi connectivity index (χ0) is 35.4. The highest BCUT2D eigenvalue weighted by Crippen LogP contribution is 2.42. The summed E-state index contributed by atoms with van der Waals surface area (Å²) in [7, 11) is 2.00. The summed E-state index contributed by atoms with van der Waals surface area (Å²) >= 11 is 0. The van der Waals surface area contributed by atoms with Crippen LogP contribution in [0.25, 0.3) is 67.2 Å². The van der Waals surface area contributed by atoms with Gasteiger partial charge in [-0.3, -0.25) is 4.98 Å². The second-order valence-electron chi connectivity index (χ2n) is 15.3. The molecule has 0 aliphatic rings. The van der Waals surface area contributed by atoms with Crippen LogP contribution < -0.4 is 0 Å². The highest BCUT2D eigenvalue weighted by molar-refractivity contribution is 5.96. The molecule has 250 valence electrons. The lowest BCUT2D eigenvalue weighted by atomic mass is 9.82. The number of hydrogen-bond acceptors (Lipinski definition) is 4. The zero-order valence-corrected chi connectivity index (χ0v) is 30.2. The van der Waals surface area contributed by atoms with Gasteiger partial charge in [0, 0.05) is 41.0 Å². The molecule has 1 N–H and O–H groups in total. The van der Waals surface area contributed by atoms with E-state index in [0.29, 0.717) is 11.5 Å². The lowest BCUT2D eigenvalue weighted by Gasteiger charge is -2.26. The van der Waals surface area contributed by atoms with Crippen molar-refractivity contribution in [3.05, 3.63) is 132 Å². The highest BCUT2D eigenvalue weighted by Gasteiger charge is 2.29. The lowest BCUT2D eigenvalue weighted by molar-refractivity contribution is 0.441. The molecule has 0 spiro atoms. The van der Waals surface area contributed by atoms with E-state index in [0.717, 1.165) is 66.9 Å². The average Bonchev–Trinajstić information content (AvgIpc) is 3.44. The Morgan fingerprint density at radius 2 is 1.24 bits per heavy atom. The third-order valence-electron chi connectivity index (χ3n) is 9.53. The van der Waals surface area contributed by atoms with Crippen LogP contribution in [0, 0.1) is 6.92 Å². The van der Waals surface area contributed by atoms with E-state index in [1.165, 1.54) is 5.56 Å². The van der Waals surface area contributed by atoms with Crippen LogP contribution in [0.4, 0.5) is 0 Å². The molecule has 0 atom stereocenters. The number of aromatic hydroxyl groups is 1. The van der Waals surface area contributed by atoms with E-state index >= 15 is 0 Å². The van der Waals surface area contributed by atoms with Crippen molar-refractivity contribution < 1.29 is 5.11 Å². The summed E-state index contributed by atoms with van der Waals surface area (Å²) in [6, 6.07) is 38.2. The smallest absolute Gasteiger partial charge is 0.163 e. The first-order valence-corrected chi connectivity index (χ1v) is 17.2. The van der Waals surface area contributed by atoms with Gasteiger partial charge in [-0.05, 0) is 82.1 Å².